The van der Waals surface area contributed by atoms with Crippen molar-refractivity contribution in [2.24, 2.45) is 0 Å². The molecule has 10 heteroatoms. The van der Waals surface area contributed by atoms with Crippen LogP contribution in [0.4, 0.5) is 5.69 Å². The Morgan fingerprint density at radius 2 is 1.63 bits per heavy atom. The van der Waals surface area contributed by atoms with E-state index in [1.165, 1.54) is 0 Å². The van der Waals surface area contributed by atoms with Crippen molar-refractivity contribution in [3.63, 3.8) is 0 Å². The van der Waals surface area contributed by atoms with Gasteiger partial charge in [-0.2, -0.15) is 10.1 Å². The van der Waals surface area contributed by atoms with Crippen LogP contribution in [0.1, 0.15) is 64.4 Å². The van der Waals surface area contributed by atoms with E-state index >= 15 is 0 Å². The molecule has 1 heterocycles. The minimum atomic E-state index is -0.331. The first kappa shape index (κ1) is 30.1. The average Bonchev–Trinajstić information content (AvgIpc) is 3.22. The molecule has 0 aromatic heterocycles. The number of hydrogen-bond acceptors (Lipinski definition) is 9. The van der Waals surface area contributed by atoms with Gasteiger partial charge in [0.05, 0.1) is 31.7 Å². The number of amides is 2. The van der Waals surface area contributed by atoms with Crippen molar-refractivity contribution in [1.82, 2.24) is 10.1 Å². The first-order valence-electron chi connectivity index (χ1n) is 12.2. The topological polar surface area (TPSA) is 117 Å². The summed E-state index contributed by atoms with van der Waals surface area (Å²) >= 11 is 0. The van der Waals surface area contributed by atoms with E-state index in [0.29, 0.717) is 32.6 Å². The number of rotatable bonds is 14. The van der Waals surface area contributed by atoms with E-state index in [1.54, 1.807) is 5.01 Å². The van der Waals surface area contributed by atoms with Crippen molar-refractivity contribution in [1.29, 1.82) is 0 Å². The molecule has 2 rings (SSSR count). The lowest BCUT2D eigenvalue weighted by Crippen LogP contribution is -2.37. The largest absolute Gasteiger partial charge is 0.466 e. The van der Waals surface area contributed by atoms with Crippen LogP contribution in [0.2, 0.25) is 0 Å². The number of benzene rings is 1. The van der Waals surface area contributed by atoms with E-state index in [9.17, 15) is 24.4 Å². The minimum Gasteiger partial charge on any atom is -0.466 e. The molecule has 0 unspecified atom stereocenters. The summed E-state index contributed by atoms with van der Waals surface area (Å²) in [5.41, 5.74) is 1.99. The Morgan fingerprint density at radius 1 is 1.06 bits per heavy atom. The molecule has 35 heavy (non-hydrogen) atoms. The molecule has 0 spiro atoms. The van der Waals surface area contributed by atoms with E-state index in [0.717, 1.165) is 47.0 Å². The molecule has 1 aliphatic rings. The third kappa shape index (κ3) is 12.3. The van der Waals surface area contributed by atoms with E-state index in [2.05, 4.69) is 0 Å². The van der Waals surface area contributed by atoms with Crippen molar-refractivity contribution in [2.45, 2.75) is 65.7 Å². The number of hydrogen-bond donors (Lipinski definition) is 1. The number of hydroxylamine groups is 2. The van der Waals surface area contributed by atoms with Crippen LogP contribution in [0.3, 0.4) is 0 Å². The Balaban J connectivity index is 0.000000362. The number of aryl methyl sites for hydroxylation is 1. The van der Waals surface area contributed by atoms with Crippen molar-refractivity contribution < 1.29 is 33.9 Å². The molecule has 1 aliphatic heterocycles. The molecular weight excluding hydrogens is 454 g/mol. The molecule has 1 N–H and O–H groups in total. The molecule has 1 aromatic carbocycles. The van der Waals surface area contributed by atoms with Crippen LogP contribution in [-0.4, -0.2) is 72.4 Å². The van der Waals surface area contributed by atoms with E-state index in [1.807, 2.05) is 45.0 Å². The Kier molecular flexibility index (Phi) is 15.0. The number of unbranched alkanes of at least 4 members (excludes halogenated alkanes) is 2. The van der Waals surface area contributed by atoms with Gasteiger partial charge in [0.1, 0.15) is 0 Å². The first-order chi connectivity index (χ1) is 16.8. The van der Waals surface area contributed by atoms with Crippen LogP contribution in [0.15, 0.2) is 24.3 Å². The SMILES string of the molecule is CCCCOC(=O)CCN(O)CCC(=O)OCCCC.Cc1cccc(N2CCC(=O)N2C=O)c1. The zero-order valence-corrected chi connectivity index (χ0v) is 21.1. The standard InChI is InChI=1S/C14H27NO5.C11H12N2O2/c1-3-5-11-19-13(16)7-9-15(18)10-8-14(17)20-12-6-4-2;1-9-3-2-4-10(7-9)12-6-5-11(15)13(12)8-14/h18H,3-12H2,1-2H3;2-4,7-8H,5-6H2,1H3. The predicted molar refractivity (Wildman–Crippen MR) is 130 cm³/mol. The van der Waals surface area contributed by atoms with Crippen molar-refractivity contribution >= 4 is 29.9 Å². The zero-order chi connectivity index (χ0) is 26.1. The Bertz CT molecular complexity index is 777. The second-order valence-corrected chi connectivity index (χ2v) is 8.16. The van der Waals surface area contributed by atoms with Crippen molar-refractivity contribution in [3.8, 4) is 0 Å². The van der Waals surface area contributed by atoms with Gasteiger partial charge < -0.3 is 14.7 Å². The maximum Gasteiger partial charge on any atom is 0.307 e. The highest BCUT2D eigenvalue weighted by atomic mass is 16.5. The van der Waals surface area contributed by atoms with Gasteiger partial charge in [-0.3, -0.25) is 24.2 Å². The molecule has 0 bridgehead atoms. The van der Waals surface area contributed by atoms with Crippen LogP contribution >= 0.6 is 0 Å². The summed E-state index contributed by atoms with van der Waals surface area (Å²) in [5, 5.41) is 13.3. The third-order valence-electron chi connectivity index (χ3n) is 5.12. The van der Waals surface area contributed by atoms with Crippen LogP contribution in [-0.2, 0) is 28.7 Å². The lowest BCUT2D eigenvalue weighted by molar-refractivity contribution is -0.152. The van der Waals surface area contributed by atoms with Gasteiger partial charge in [-0.1, -0.05) is 38.8 Å². The van der Waals surface area contributed by atoms with Crippen LogP contribution < -0.4 is 5.01 Å². The molecule has 10 nitrogen and oxygen atoms in total. The fraction of sp³-hybridized carbons (Fsp3) is 0.600. The van der Waals surface area contributed by atoms with Gasteiger partial charge in [-0.25, -0.2) is 0 Å². The number of carbonyl (C=O) groups excluding carboxylic acids is 4. The van der Waals surface area contributed by atoms with Gasteiger partial charge in [0.15, 0.2) is 0 Å². The molecule has 0 saturated carbocycles. The quantitative estimate of drug-likeness (QED) is 0.180. The summed E-state index contributed by atoms with van der Waals surface area (Å²) in [4.78, 5) is 44.6. The molecule has 0 aliphatic carbocycles. The number of esters is 2. The third-order valence-corrected chi connectivity index (χ3v) is 5.12. The van der Waals surface area contributed by atoms with Crippen LogP contribution in [0.25, 0.3) is 0 Å². The minimum absolute atomic E-state index is 0.116. The van der Waals surface area contributed by atoms with Crippen LogP contribution in [0.5, 0.6) is 0 Å². The highest BCUT2D eigenvalue weighted by Gasteiger charge is 2.28. The smallest absolute Gasteiger partial charge is 0.307 e. The molecular formula is C25H39N3O7. The second kappa shape index (κ2) is 17.5. The lowest BCUT2D eigenvalue weighted by Gasteiger charge is -2.24. The lowest BCUT2D eigenvalue weighted by atomic mass is 10.2. The second-order valence-electron chi connectivity index (χ2n) is 8.16. The number of anilines is 1. The van der Waals surface area contributed by atoms with Gasteiger partial charge in [-0.05, 0) is 37.5 Å². The maximum atomic E-state index is 11.3. The molecule has 0 radical (unpaired) electrons. The Labute approximate surface area is 207 Å². The number of ether oxygens (including phenoxy) is 2. The van der Waals surface area contributed by atoms with Gasteiger partial charge in [0, 0.05) is 26.1 Å². The Morgan fingerprint density at radius 3 is 2.11 bits per heavy atom. The fourth-order valence-corrected chi connectivity index (χ4v) is 3.07. The molecule has 1 saturated heterocycles. The number of nitrogens with zero attached hydrogens (tertiary/aromatic N) is 3. The highest BCUT2D eigenvalue weighted by Crippen LogP contribution is 2.22. The van der Waals surface area contributed by atoms with E-state index < -0.39 is 0 Å². The van der Waals surface area contributed by atoms with Gasteiger partial charge in [-0.15, -0.1) is 0 Å². The number of carbonyl (C=O) groups is 4. The zero-order valence-electron chi connectivity index (χ0n) is 21.1. The molecule has 1 fully saturated rings. The van der Waals surface area contributed by atoms with Gasteiger partial charge in [0.25, 0.3) is 0 Å². The Hall–Kier alpha value is -2.98. The normalized spacial score (nSPS) is 12.9. The summed E-state index contributed by atoms with van der Waals surface area (Å²) in [6.45, 7) is 7.74. The summed E-state index contributed by atoms with van der Waals surface area (Å²) in [6, 6.07) is 7.74. The summed E-state index contributed by atoms with van der Waals surface area (Å²) < 4.78 is 9.91. The van der Waals surface area contributed by atoms with Crippen LogP contribution in [0, 0.1) is 6.92 Å². The molecule has 196 valence electrons. The summed E-state index contributed by atoms with van der Waals surface area (Å²) in [6.07, 6.45) is 4.83. The van der Waals surface area contributed by atoms with Gasteiger partial charge in [0.2, 0.25) is 12.3 Å². The van der Waals surface area contributed by atoms with E-state index in [-0.39, 0.29) is 43.8 Å². The van der Waals surface area contributed by atoms with Gasteiger partial charge >= 0.3 is 11.9 Å². The van der Waals surface area contributed by atoms with E-state index in [4.69, 9.17) is 9.47 Å². The predicted octanol–water partition coefficient (Wildman–Crippen LogP) is 3.25. The fourth-order valence-electron chi connectivity index (χ4n) is 3.07. The number of imide groups is 1. The monoisotopic (exact) mass is 493 g/mol. The highest BCUT2D eigenvalue weighted by molar-refractivity contribution is 5.91. The van der Waals surface area contributed by atoms with Crippen molar-refractivity contribution in [2.75, 3.05) is 37.9 Å². The average molecular weight is 494 g/mol. The number of hydrazine groups is 1. The maximum absolute atomic E-state index is 11.3. The molecule has 2 amide bonds. The summed E-state index contributed by atoms with van der Waals surface area (Å²) in [7, 11) is 0. The molecule has 1 aromatic rings. The molecule has 0 atom stereocenters. The first-order valence-corrected chi connectivity index (χ1v) is 12.2. The van der Waals surface area contributed by atoms with Crippen molar-refractivity contribution in [3.05, 3.63) is 29.8 Å². The summed E-state index contributed by atoms with van der Waals surface area (Å²) in [5.74, 6) is -0.808.